The molecule has 4 aliphatic heterocycles. The standard InChI is InChI=1S/C33H48FN7O7S/c1-5-38(4)49(44,45)37-26-8-9-33(43,47-18-26)21-39-12-10-32(11-13-39)19-40(20-32)30-29(15-35-22-36-30)48-28-7-6-25(34)14-27(28)31(42)41-23(2)16-46-17-24(41)3/h6-7,14-15,22-24,26,37,43H,5,8-13,16-21H2,1-4H3/t23-,24-,26-,33-/m1/s1. The fraction of sp³-hybridized carbons (Fsp3) is 0.667. The van der Waals surface area contributed by atoms with E-state index in [2.05, 4.69) is 24.5 Å². The number of morpholine rings is 1. The molecule has 0 aliphatic carbocycles. The maximum absolute atomic E-state index is 14.4. The second kappa shape index (κ2) is 14.3. The Kier molecular flexibility index (Phi) is 10.5. The van der Waals surface area contributed by atoms with Gasteiger partial charge in [0.1, 0.15) is 17.9 Å². The molecule has 0 bridgehead atoms. The van der Waals surface area contributed by atoms with Crippen LogP contribution in [0.1, 0.15) is 56.8 Å². The summed E-state index contributed by atoms with van der Waals surface area (Å²) in [5, 5.41) is 11.2. The molecule has 5 heterocycles. The number of anilines is 1. The third-order valence-electron chi connectivity index (χ3n) is 10.3. The van der Waals surface area contributed by atoms with Crippen molar-refractivity contribution in [2.75, 3.05) is 71.0 Å². The van der Waals surface area contributed by atoms with Crippen LogP contribution in [0.25, 0.3) is 0 Å². The van der Waals surface area contributed by atoms with Crippen LogP contribution < -0.4 is 14.4 Å². The van der Waals surface area contributed by atoms with Gasteiger partial charge in [-0.1, -0.05) is 6.92 Å². The van der Waals surface area contributed by atoms with Gasteiger partial charge in [0.15, 0.2) is 17.4 Å². The van der Waals surface area contributed by atoms with E-state index in [-0.39, 0.29) is 47.4 Å². The molecule has 6 rings (SSSR count). The molecule has 270 valence electrons. The number of carbonyl (C=O) groups is 1. The smallest absolute Gasteiger partial charge is 0.279 e. The number of ether oxygens (including phenoxy) is 3. The molecule has 16 heteroatoms. The number of likely N-dealkylation sites (tertiary alicyclic amines) is 1. The molecule has 4 saturated heterocycles. The van der Waals surface area contributed by atoms with Gasteiger partial charge in [0.25, 0.3) is 16.1 Å². The van der Waals surface area contributed by atoms with Crippen LogP contribution in [0, 0.1) is 11.2 Å². The van der Waals surface area contributed by atoms with Crippen LogP contribution in [0.4, 0.5) is 10.2 Å². The van der Waals surface area contributed by atoms with Gasteiger partial charge in [0.2, 0.25) is 0 Å². The molecule has 1 amide bonds. The first-order valence-corrected chi connectivity index (χ1v) is 18.5. The van der Waals surface area contributed by atoms with Crippen molar-refractivity contribution in [1.82, 2.24) is 28.8 Å². The zero-order valence-corrected chi connectivity index (χ0v) is 29.5. The van der Waals surface area contributed by atoms with E-state index in [0.717, 1.165) is 39.0 Å². The highest BCUT2D eigenvalue weighted by molar-refractivity contribution is 7.87. The molecule has 0 radical (unpaired) electrons. The summed E-state index contributed by atoms with van der Waals surface area (Å²) in [4.78, 5) is 28.4. The van der Waals surface area contributed by atoms with Crippen molar-refractivity contribution >= 4 is 21.9 Å². The monoisotopic (exact) mass is 705 g/mol. The summed E-state index contributed by atoms with van der Waals surface area (Å²) in [6, 6.07) is 3.23. The highest BCUT2D eigenvalue weighted by Crippen LogP contribution is 2.45. The van der Waals surface area contributed by atoms with Gasteiger partial charge < -0.3 is 29.1 Å². The lowest BCUT2D eigenvalue weighted by atomic mass is 9.72. The second-order valence-electron chi connectivity index (χ2n) is 14.1. The van der Waals surface area contributed by atoms with Gasteiger partial charge in [-0.2, -0.15) is 17.4 Å². The first kappa shape index (κ1) is 35.8. The fourth-order valence-electron chi connectivity index (χ4n) is 7.30. The van der Waals surface area contributed by atoms with Crippen molar-refractivity contribution in [2.45, 2.75) is 70.4 Å². The third kappa shape index (κ3) is 7.85. The molecule has 2 aromatic rings. The van der Waals surface area contributed by atoms with Crippen LogP contribution in [0.2, 0.25) is 0 Å². The summed E-state index contributed by atoms with van der Waals surface area (Å²) in [7, 11) is -2.06. The highest BCUT2D eigenvalue weighted by atomic mass is 32.2. The van der Waals surface area contributed by atoms with Crippen molar-refractivity contribution in [1.29, 1.82) is 0 Å². The number of piperidine rings is 1. The first-order valence-electron chi connectivity index (χ1n) is 17.1. The summed E-state index contributed by atoms with van der Waals surface area (Å²) in [6.45, 7) is 10.4. The summed E-state index contributed by atoms with van der Waals surface area (Å²) < 4.78 is 60.8. The van der Waals surface area contributed by atoms with Crippen molar-refractivity contribution in [3.05, 3.63) is 42.1 Å². The number of nitrogens with one attached hydrogen (secondary N) is 1. The number of aromatic nitrogens is 2. The molecular formula is C33H48FN7O7S. The van der Waals surface area contributed by atoms with Gasteiger partial charge in [0, 0.05) is 44.6 Å². The zero-order chi connectivity index (χ0) is 35.0. The van der Waals surface area contributed by atoms with Gasteiger partial charge >= 0.3 is 0 Å². The highest BCUT2D eigenvalue weighted by Gasteiger charge is 2.47. The minimum Gasteiger partial charge on any atom is -0.451 e. The maximum Gasteiger partial charge on any atom is 0.279 e. The van der Waals surface area contributed by atoms with Crippen LogP contribution in [0.3, 0.4) is 0 Å². The van der Waals surface area contributed by atoms with E-state index in [1.54, 1.807) is 18.0 Å². The number of aliphatic hydroxyl groups is 1. The first-order chi connectivity index (χ1) is 23.3. The lowest BCUT2D eigenvalue weighted by Crippen LogP contribution is -2.62. The summed E-state index contributed by atoms with van der Waals surface area (Å²) in [5.74, 6) is -0.939. The number of rotatable bonds is 10. The number of hydrogen-bond donors (Lipinski definition) is 2. The van der Waals surface area contributed by atoms with Crippen LogP contribution >= 0.6 is 0 Å². The third-order valence-corrected chi connectivity index (χ3v) is 12.0. The molecule has 49 heavy (non-hydrogen) atoms. The number of amides is 1. The molecule has 2 N–H and O–H groups in total. The molecule has 1 spiro atoms. The molecule has 14 nitrogen and oxygen atoms in total. The number of halogens is 1. The Bertz CT molecular complexity index is 1580. The summed E-state index contributed by atoms with van der Waals surface area (Å²) in [5.41, 5.74) is 0.218. The second-order valence-corrected chi connectivity index (χ2v) is 15.9. The Morgan fingerprint density at radius 3 is 2.51 bits per heavy atom. The van der Waals surface area contributed by atoms with E-state index in [4.69, 9.17) is 14.2 Å². The van der Waals surface area contributed by atoms with E-state index in [0.29, 0.717) is 50.7 Å². The minimum atomic E-state index is -3.58. The van der Waals surface area contributed by atoms with E-state index in [1.165, 1.54) is 35.9 Å². The minimum absolute atomic E-state index is 0.0864. The average Bonchev–Trinajstić information content (AvgIpc) is 3.06. The number of benzene rings is 1. The lowest BCUT2D eigenvalue weighted by Gasteiger charge is -2.55. The van der Waals surface area contributed by atoms with E-state index >= 15 is 0 Å². The molecule has 0 unspecified atom stereocenters. The number of carbonyl (C=O) groups excluding carboxylic acids is 1. The summed E-state index contributed by atoms with van der Waals surface area (Å²) >= 11 is 0. The van der Waals surface area contributed by atoms with E-state index < -0.39 is 21.8 Å². The molecule has 1 aromatic heterocycles. The molecule has 4 aliphatic rings. The molecular weight excluding hydrogens is 657 g/mol. The molecule has 4 atom stereocenters. The van der Waals surface area contributed by atoms with Gasteiger partial charge in [-0.05, 0) is 64.4 Å². The summed E-state index contributed by atoms with van der Waals surface area (Å²) in [6.07, 6.45) is 5.72. The molecule has 0 saturated carbocycles. The van der Waals surface area contributed by atoms with Gasteiger partial charge in [-0.25, -0.2) is 14.4 Å². The Labute approximate surface area is 287 Å². The maximum atomic E-state index is 14.4. The van der Waals surface area contributed by atoms with E-state index in [9.17, 15) is 22.7 Å². The Balaban J connectivity index is 1.04. The number of hydrogen-bond acceptors (Lipinski definition) is 11. The Morgan fingerprint density at radius 1 is 1.14 bits per heavy atom. The number of nitrogens with zero attached hydrogens (tertiary/aromatic N) is 6. The average molecular weight is 706 g/mol. The van der Waals surface area contributed by atoms with Crippen molar-refractivity contribution < 1.29 is 36.9 Å². The Morgan fingerprint density at radius 2 is 1.86 bits per heavy atom. The normalized spacial score (nSPS) is 27.7. The number of β-amino-alcohol motifs (C(OH)–C–C–N with tert-alkyl or cyclic N) is 1. The predicted octanol–water partition coefficient (Wildman–Crippen LogP) is 2.21. The van der Waals surface area contributed by atoms with E-state index in [1.807, 2.05) is 13.8 Å². The van der Waals surface area contributed by atoms with Gasteiger partial charge in [0.05, 0.1) is 50.2 Å². The quantitative estimate of drug-likeness (QED) is 0.375. The van der Waals surface area contributed by atoms with Crippen LogP contribution in [-0.4, -0.2) is 134 Å². The fourth-order valence-corrected chi connectivity index (χ4v) is 8.43. The zero-order valence-electron chi connectivity index (χ0n) is 28.7. The van der Waals surface area contributed by atoms with Crippen LogP contribution in [0.15, 0.2) is 30.7 Å². The molecule has 4 fully saturated rings. The van der Waals surface area contributed by atoms with Crippen molar-refractivity contribution in [3.8, 4) is 11.5 Å². The Hall–Kier alpha value is -2.99. The SMILES string of the molecule is CCN(C)S(=O)(=O)N[C@@H]1CC[C@](O)(CN2CCC3(CC2)CN(c2ncncc2Oc2ccc(F)cc2C(=O)N2[C@H](C)COC[C@H]2C)C3)OC1. The predicted molar refractivity (Wildman–Crippen MR) is 179 cm³/mol. The van der Waals surface area contributed by atoms with Crippen LogP contribution in [0.5, 0.6) is 11.5 Å². The van der Waals surface area contributed by atoms with Crippen LogP contribution in [-0.2, 0) is 19.7 Å². The van der Waals surface area contributed by atoms with Gasteiger partial charge in [-0.15, -0.1) is 0 Å². The largest absolute Gasteiger partial charge is 0.451 e. The van der Waals surface area contributed by atoms with Gasteiger partial charge in [-0.3, -0.25) is 9.69 Å². The molecule has 1 aromatic carbocycles. The lowest BCUT2D eigenvalue weighted by molar-refractivity contribution is -0.239. The topological polar surface area (TPSA) is 150 Å². The van der Waals surface area contributed by atoms with Crippen molar-refractivity contribution in [2.24, 2.45) is 5.41 Å². The van der Waals surface area contributed by atoms with Crippen molar-refractivity contribution in [3.63, 3.8) is 0 Å².